The van der Waals surface area contributed by atoms with Gasteiger partial charge in [-0.15, -0.1) is 11.3 Å². The van der Waals surface area contributed by atoms with Crippen molar-refractivity contribution < 1.29 is 0 Å². The van der Waals surface area contributed by atoms with Gasteiger partial charge in [0.15, 0.2) is 0 Å². The quantitative estimate of drug-likeness (QED) is 0.807. The summed E-state index contributed by atoms with van der Waals surface area (Å²) in [6.07, 6.45) is 3.11. The van der Waals surface area contributed by atoms with E-state index in [0.29, 0.717) is 17.6 Å². The molecule has 2 aromatic heterocycles. The van der Waals surface area contributed by atoms with E-state index in [4.69, 9.17) is 11.6 Å². The smallest absolute Gasteiger partial charge is 0.255 e. The summed E-state index contributed by atoms with van der Waals surface area (Å²) in [6, 6.07) is 5.53. The molecule has 0 spiro atoms. The Kier molecular flexibility index (Phi) is 3.22. The second kappa shape index (κ2) is 4.86. The van der Waals surface area contributed by atoms with Gasteiger partial charge in [-0.05, 0) is 30.7 Å². The van der Waals surface area contributed by atoms with Crippen molar-refractivity contribution in [1.29, 1.82) is 0 Å². The van der Waals surface area contributed by atoms with Crippen LogP contribution in [0.5, 0.6) is 0 Å². The lowest BCUT2D eigenvalue weighted by Gasteiger charge is -2.10. The van der Waals surface area contributed by atoms with Crippen LogP contribution in [-0.2, 0) is 13.0 Å². The molecule has 1 aliphatic rings. The number of hydrogen-bond acceptors (Lipinski definition) is 3. The monoisotopic (exact) mass is 280 g/mol. The van der Waals surface area contributed by atoms with Crippen molar-refractivity contribution in [1.82, 2.24) is 9.55 Å². The second-order valence-corrected chi connectivity index (χ2v) is 5.95. The van der Waals surface area contributed by atoms with Gasteiger partial charge in [0.25, 0.3) is 5.56 Å². The van der Waals surface area contributed by atoms with Crippen LogP contribution in [0.3, 0.4) is 0 Å². The summed E-state index contributed by atoms with van der Waals surface area (Å²) in [7, 11) is 0. The number of aryl methyl sites for hydroxylation is 1. The predicted molar refractivity (Wildman–Crippen MR) is 73.5 cm³/mol. The molecule has 2 heterocycles. The van der Waals surface area contributed by atoms with E-state index in [9.17, 15) is 4.79 Å². The molecule has 1 fully saturated rings. The van der Waals surface area contributed by atoms with E-state index in [1.165, 1.54) is 10.9 Å². The lowest BCUT2D eigenvalue weighted by Crippen LogP contribution is -2.25. The molecular weight excluding hydrogens is 268 g/mol. The zero-order chi connectivity index (χ0) is 12.5. The van der Waals surface area contributed by atoms with E-state index in [2.05, 4.69) is 16.4 Å². The van der Waals surface area contributed by atoms with Crippen LogP contribution in [0.4, 0.5) is 0 Å². The van der Waals surface area contributed by atoms with Gasteiger partial charge in [-0.25, -0.2) is 4.98 Å². The van der Waals surface area contributed by atoms with Crippen LogP contribution in [0, 0.1) is 0 Å². The third-order valence-electron chi connectivity index (χ3n) is 3.11. The van der Waals surface area contributed by atoms with Crippen LogP contribution < -0.4 is 5.56 Å². The van der Waals surface area contributed by atoms with Crippen LogP contribution in [-0.4, -0.2) is 9.55 Å². The number of aromatic nitrogens is 2. The molecule has 0 radical (unpaired) electrons. The minimum absolute atomic E-state index is 0.0338. The average molecular weight is 281 g/mol. The van der Waals surface area contributed by atoms with Gasteiger partial charge in [-0.1, -0.05) is 17.7 Å². The molecule has 0 saturated heterocycles. The zero-order valence-electron chi connectivity index (χ0n) is 9.80. The molecule has 2 aromatic rings. The van der Waals surface area contributed by atoms with Crippen molar-refractivity contribution >= 4 is 22.9 Å². The molecule has 3 rings (SSSR count). The lowest BCUT2D eigenvalue weighted by atomic mass is 10.3. The molecule has 0 atom stereocenters. The number of halogens is 1. The molecule has 0 N–H and O–H groups in total. The Labute approximate surface area is 114 Å². The summed E-state index contributed by atoms with van der Waals surface area (Å²) in [5.74, 6) is 1.30. The predicted octanol–water partition coefficient (Wildman–Crippen LogP) is 3.08. The van der Waals surface area contributed by atoms with Crippen molar-refractivity contribution in [2.75, 3.05) is 0 Å². The van der Waals surface area contributed by atoms with Gasteiger partial charge >= 0.3 is 0 Å². The third kappa shape index (κ3) is 2.49. The van der Waals surface area contributed by atoms with Gasteiger partial charge in [-0.2, -0.15) is 0 Å². The van der Waals surface area contributed by atoms with E-state index in [1.807, 2.05) is 6.07 Å². The summed E-state index contributed by atoms with van der Waals surface area (Å²) in [5.41, 5.74) is -0.0338. The molecule has 1 aliphatic carbocycles. The fourth-order valence-corrected chi connectivity index (χ4v) is 2.93. The maximum absolute atomic E-state index is 12.0. The highest BCUT2D eigenvalue weighted by atomic mass is 35.5. The highest BCUT2D eigenvalue weighted by Crippen LogP contribution is 2.38. The molecule has 0 aromatic carbocycles. The first-order chi connectivity index (χ1) is 8.74. The summed E-state index contributed by atoms with van der Waals surface area (Å²) in [4.78, 5) is 17.6. The molecule has 0 aliphatic heterocycles. The number of rotatable bonds is 4. The Balaban J connectivity index is 1.88. The minimum atomic E-state index is -0.0338. The Morgan fingerprint density at radius 2 is 2.33 bits per heavy atom. The van der Waals surface area contributed by atoms with Crippen molar-refractivity contribution in [3.05, 3.63) is 49.8 Å². The average Bonchev–Trinajstić information content (AvgIpc) is 3.05. The normalized spacial score (nSPS) is 14.9. The van der Waals surface area contributed by atoms with E-state index < -0.39 is 0 Å². The van der Waals surface area contributed by atoms with Gasteiger partial charge in [-0.3, -0.25) is 9.36 Å². The first-order valence-corrected chi connectivity index (χ1v) is 7.29. The first kappa shape index (κ1) is 11.9. The highest BCUT2D eigenvalue weighted by Gasteiger charge is 2.28. The highest BCUT2D eigenvalue weighted by molar-refractivity contribution is 7.09. The van der Waals surface area contributed by atoms with Crippen molar-refractivity contribution in [3.63, 3.8) is 0 Å². The Hall–Kier alpha value is -1.13. The number of thiophene rings is 1. The van der Waals surface area contributed by atoms with Gasteiger partial charge in [0.2, 0.25) is 0 Å². The maximum atomic E-state index is 12.0. The molecule has 94 valence electrons. The second-order valence-electron chi connectivity index (χ2n) is 4.53. The van der Waals surface area contributed by atoms with Crippen molar-refractivity contribution in [2.24, 2.45) is 0 Å². The first-order valence-electron chi connectivity index (χ1n) is 6.04. The van der Waals surface area contributed by atoms with E-state index in [0.717, 1.165) is 25.1 Å². The molecular formula is C13H13ClN2OS. The van der Waals surface area contributed by atoms with Crippen LogP contribution in [0.25, 0.3) is 0 Å². The van der Waals surface area contributed by atoms with Gasteiger partial charge in [0, 0.05) is 23.4 Å². The van der Waals surface area contributed by atoms with Crippen LogP contribution in [0.15, 0.2) is 28.4 Å². The fraction of sp³-hybridized carbons (Fsp3) is 0.385. The van der Waals surface area contributed by atoms with Crippen LogP contribution >= 0.6 is 22.9 Å². The molecule has 5 heteroatoms. The van der Waals surface area contributed by atoms with Gasteiger partial charge < -0.3 is 0 Å². The summed E-state index contributed by atoms with van der Waals surface area (Å²) in [5, 5.41) is 2.37. The van der Waals surface area contributed by atoms with Crippen molar-refractivity contribution in [3.8, 4) is 0 Å². The molecule has 18 heavy (non-hydrogen) atoms. The Morgan fingerprint density at radius 3 is 3.00 bits per heavy atom. The number of hydrogen-bond donors (Lipinski definition) is 0. The largest absolute Gasteiger partial charge is 0.296 e. The zero-order valence-corrected chi connectivity index (χ0v) is 11.4. The SMILES string of the molecule is O=c1cc(Cl)nc(C2CC2)n1CCc1cccs1. The van der Waals surface area contributed by atoms with E-state index in [1.54, 1.807) is 15.9 Å². The molecule has 3 nitrogen and oxygen atoms in total. The maximum Gasteiger partial charge on any atom is 0.255 e. The molecule has 0 amide bonds. The molecule has 0 unspecified atom stereocenters. The lowest BCUT2D eigenvalue weighted by molar-refractivity contribution is 0.612. The topological polar surface area (TPSA) is 34.9 Å². The third-order valence-corrected chi connectivity index (χ3v) is 4.24. The van der Waals surface area contributed by atoms with Crippen LogP contribution in [0.2, 0.25) is 5.15 Å². The standard InChI is InChI=1S/C13H13ClN2OS/c14-11-8-12(17)16(13(15-11)9-3-4-9)6-5-10-2-1-7-18-10/h1-2,7-9H,3-6H2. The van der Waals surface area contributed by atoms with Gasteiger partial charge in [0.1, 0.15) is 11.0 Å². The molecule has 0 bridgehead atoms. The van der Waals surface area contributed by atoms with E-state index in [-0.39, 0.29) is 5.56 Å². The number of nitrogens with zero attached hydrogens (tertiary/aromatic N) is 2. The Morgan fingerprint density at radius 1 is 1.50 bits per heavy atom. The summed E-state index contributed by atoms with van der Waals surface area (Å²) in [6.45, 7) is 0.690. The van der Waals surface area contributed by atoms with E-state index >= 15 is 0 Å². The summed E-state index contributed by atoms with van der Waals surface area (Å²) >= 11 is 7.59. The Bertz CT molecular complexity index is 602. The minimum Gasteiger partial charge on any atom is -0.296 e. The van der Waals surface area contributed by atoms with Gasteiger partial charge in [0.05, 0.1) is 0 Å². The van der Waals surface area contributed by atoms with Crippen LogP contribution in [0.1, 0.15) is 29.5 Å². The summed E-state index contributed by atoms with van der Waals surface area (Å²) < 4.78 is 1.78. The fourth-order valence-electron chi connectivity index (χ4n) is 2.05. The van der Waals surface area contributed by atoms with Crippen molar-refractivity contribution in [2.45, 2.75) is 31.7 Å². The molecule has 1 saturated carbocycles.